The molecule has 34 heavy (non-hydrogen) atoms. The quantitative estimate of drug-likeness (QED) is 0.488. The van der Waals surface area contributed by atoms with Gasteiger partial charge in [-0.2, -0.15) is 5.10 Å². The van der Waals surface area contributed by atoms with Gasteiger partial charge >= 0.3 is 0 Å². The number of aromatic nitrogens is 5. The summed E-state index contributed by atoms with van der Waals surface area (Å²) in [4.78, 5) is 41.3. The van der Waals surface area contributed by atoms with Crippen LogP contribution in [0.2, 0.25) is 0 Å². The number of nitrogens with zero attached hydrogens (tertiary/aromatic N) is 6. The first kappa shape index (κ1) is 20.4. The van der Waals surface area contributed by atoms with E-state index < -0.39 is 0 Å². The number of hydrogen-bond donors (Lipinski definition) is 2. The lowest BCUT2D eigenvalue weighted by atomic mass is 10.1. The Kier molecular flexibility index (Phi) is 4.79. The van der Waals surface area contributed by atoms with Crippen molar-refractivity contribution in [1.82, 2.24) is 29.6 Å². The molecular formula is C24H24N8O2. The predicted molar refractivity (Wildman–Crippen MR) is 127 cm³/mol. The molecule has 0 radical (unpaired) electrons. The van der Waals surface area contributed by atoms with Crippen molar-refractivity contribution in [2.75, 3.05) is 29.9 Å². The molecule has 2 aliphatic rings. The lowest BCUT2D eigenvalue weighted by molar-refractivity contribution is -0.129. The molecule has 172 valence electrons. The number of rotatable bonds is 4. The van der Waals surface area contributed by atoms with Crippen LogP contribution in [0.4, 0.5) is 11.6 Å². The third-order valence-corrected chi connectivity index (χ3v) is 6.58. The van der Waals surface area contributed by atoms with Crippen LogP contribution in [0.3, 0.4) is 0 Å². The number of benzene rings is 1. The minimum Gasteiger partial charge on any atom is -0.353 e. The molecule has 2 fully saturated rings. The van der Waals surface area contributed by atoms with Gasteiger partial charge in [-0.15, -0.1) is 0 Å². The molecule has 6 rings (SSSR count). The van der Waals surface area contributed by atoms with Crippen LogP contribution in [0, 0.1) is 0 Å². The van der Waals surface area contributed by atoms with Gasteiger partial charge in [0, 0.05) is 51.4 Å². The number of fused-ring (bicyclic) bond motifs is 2. The minimum atomic E-state index is -0.278. The lowest BCUT2D eigenvalue weighted by Gasteiger charge is -2.38. The molecule has 1 atom stereocenters. The van der Waals surface area contributed by atoms with E-state index in [1.807, 2.05) is 42.3 Å². The first-order chi connectivity index (χ1) is 16.5. The number of H-pyrrole nitrogens is 1. The lowest BCUT2D eigenvalue weighted by Crippen LogP contribution is -2.51. The molecule has 4 aromatic rings. The number of anilines is 2. The fraction of sp³-hybridized carbons (Fsp3) is 0.292. The third kappa shape index (κ3) is 3.57. The first-order valence-corrected chi connectivity index (χ1v) is 11.4. The summed E-state index contributed by atoms with van der Waals surface area (Å²) in [7, 11) is 1.81. The molecule has 2 amide bonds. The van der Waals surface area contributed by atoms with Gasteiger partial charge in [-0.25, -0.2) is 9.97 Å². The van der Waals surface area contributed by atoms with Crippen molar-refractivity contribution < 1.29 is 9.59 Å². The number of aromatic amines is 1. The number of amides is 2. The summed E-state index contributed by atoms with van der Waals surface area (Å²) in [5.41, 5.74) is 3.03. The van der Waals surface area contributed by atoms with E-state index in [0.29, 0.717) is 23.6 Å². The van der Waals surface area contributed by atoms with Gasteiger partial charge in [0.2, 0.25) is 5.91 Å². The van der Waals surface area contributed by atoms with Gasteiger partial charge in [0.15, 0.2) is 11.6 Å². The average Bonchev–Trinajstić information content (AvgIpc) is 3.55. The SMILES string of the molecule is Cn1nc(NC(=O)c2ccc(N3CCN4C(=O)CC[C@H]4C3)nc2)cc1-c1nc2ccccc2[nH]1. The number of hydrogen-bond acceptors (Lipinski definition) is 6. The van der Waals surface area contributed by atoms with Gasteiger partial charge in [0.25, 0.3) is 5.91 Å². The number of nitrogens with one attached hydrogen (secondary N) is 2. The Morgan fingerprint density at radius 3 is 2.88 bits per heavy atom. The number of pyridine rings is 1. The Morgan fingerprint density at radius 1 is 1.18 bits per heavy atom. The molecule has 0 unspecified atom stereocenters. The highest BCUT2D eigenvalue weighted by atomic mass is 16.2. The van der Waals surface area contributed by atoms with Crippen molar-refractivity contribution in [3.63, 3.8) is 0 Å². The Hall–Kier alpha value is -4.21. The number of aryl methyl sites for hydroxylation is 1. The zero-order valence-electron chi connectivity index (χ0n) is 18.7. The van der Waals surface area contributed by atoms with Crippen molar-refractivity contribution >= 4 is 34.5 Å². The third-order valence-electron chi connectivity index (χ3n) is 6.58. The molecule has 10 nitrogen and oxygen atoms in total. The minimum absolute atomic E-state index is 0.252. The Balaban J connectivity index is 1.14. The van der Waals surface area contributed by atoms with Crippen LogP contribution in [-0.4, -0.2) is 67.1 Å². The molecule has 2 aliphatic heterocycles. The second-order valence-corrected chi connectivity index (χ2v) is 8.73. The predicted octanol–water partition coefficient (Wildman–Crippen LogP) is 2.42. The maximum Gasteiger partial charge on any atom is 0.258 e. The van der Waals surface area contributed by atoms with Crippen molar-refractivity contribution in [2.45, 2.75) is 18.9 Å². The van der Waals surface area contributed by atoms with E-state index in [4.69, 9.17) is 0 Å². The van der Waals surface area contributed by atoms with E-state index in [1.54, 1.807) is 23.0 Å². The fourth-order valence-corrected chi connectivity index (χ4v) is 4.79. The van der Waals surface area contributed by atoms with Gasteiger partial charge in [-0.1, -0.05) is 12.1 Å². The highest BCUT2D eigenvalue weighted by Gasteiger charge is 2.35. The number of imidazole rings is 1. The van der Waals surface area contributed by atoms with Crippen LogP contribution in [0.5, 0.6) is 0 Å². The van der Waals surface area contributed by atoms with Crippen LogP contribution in [-0.2, 0) is 11.8 Å². The van der Waals surface area contributed by atoms with Gasteiger partial charge < -0.3 is 20.1 Å². The number of piperazine rings is 1. The summed E-state index contributed by atoms with van der Waals surface area (Å²) < 4.78 is 1.68. The topological polar surface area (TPSA) is 112 Å². The van der Waals surface area contributed by atoms with Gasteiger partial charge in [-0.05, 0) is 30.7 Å². The van der Waals surface area contributed by atoms with E-state index >= 15 is 0 Å². The van der Waals surface area contributed by atoms with Gasteiger partial charge in [-0.3, -0.25) is 14.3 Å². The first-order valence-electron chi connectivity index (χ1n) is 11.4. The van der Waals surface area contributed by atoms with Crippen molar-refractivity contribution in [2.24, 2.45) is 7.05 Å². The molecule has 0 aliphatic carbocycles. The monoisotopic (exact) mass is 456 g/mol. The van der Waals surface area contributed by atoms with Gasteiger partial charge in [0.05, 0.1) is 16.6 Å². The molecule has 0 bridgehead atoms. The maximum absolute atomic E-state index is 12.8. The van der Waals surface area contributed by atoms with E-state index in [0.717, 1.165) is 48.6 Å². The molecule has 10 heteroatoms. The van der Waals surface area contributed by atoms with Crippen LogP contribution in [0.25, 0.3) is 22.6 Å². The molecule has 2 saturated heterocycles. The van der Waals surface area contributed by atoms with Crippen LogP contribution in [0.1, 0.15) is 23.2 Å². The number of carbonyl (C=O) groups excluding carboxylic acids is 2. The molecule has 0 spiro atoms. The molecule has 3 aromatic heterocycles. The zero-order valence-corrected chi connectivity index (χ0v) is 18.7. The summed E-state index contributed by atoms with van der Waals surface area (Å²) in [6, 6.07) is 13.5. The molecule has 1 aromatic carbocycles. The molecule has 5 heterocycles. The normalized spacial score (nSPS) is 17.9. The van der Waals surface area contributed by atoms with Crippen molar-refractivity contribution in [3.05, 3.63) is 54.2 Å². The summed E-state index contributed by atoms with van der Waals surface area (Å²) in [6.45, 7) is 2.25. The number of para-hydroxylation sites is 2. The second-order valence-electron chi connectivity index (χ2n) is 8.73. The number of carbonyl (C=O) groups is 2. The molecular weight excluding hydrogens is 432 g/mol. The fourth-order valence-electron chi connectivity index (χ4n) is 4.79. The summed E-state index contributed by atoms with van der Waals surface area (Å²) in [5.74, 6) is 1.92. The van der Waals surface area contributed by atoms with E-state index in [2.05, 4.69) is 30.3 Å². The van der Waals surface area contributed by atoms with Crippen molar-refractivity contribution in [3.8, 4) is 11.5 Å². The van der Waals surface area contributed by atoms with Crippen LogP contribution >= 0.6 is 0 Å². The smallest absolute Gasteiger partial charge is 0.258 e. The van der Waals surface area contributed by atoms with Crippen LogP contribution < -0.4 is 10.2 Å². The summed E-state index contributed by atoms with van der Waals surface area (Å²) in [5, 5.41) is 7.26. The van der Waals surface area contributed by atoms with E-state index in [-0.39, 0.29) is 17.9 Å². The van der Waals surface area contributed by atoms with Gasteiger partial charge in [0.1, 0.15) is 11.5 Å². The summed E-state index contributed by atoms with van der Waals surface area (Å²) in [6.07, 6.45) is 3.12. The Morgan fingerprint density at radius 2 is 2.06 bits per heavy atom. The standard InChI is InChI=1S/C24H24N8O2/c1-30-19(23-26-17-4-2-3-5-18(17)27-23)12-20(29-30)28-24(34)15-6-8-21(25-13-15)31-10-11-32-16(14-31)7-9-22(32)33/h2-6,8,12-13,16H,7,9-11,14H2,1H3,(H,26,27)(H,28,29,34)/t16-/m0/s1. The zero-order chi connectivity index (χ0) is 23.2. The van der Waals surface area contributed by atoms with Crippen LogP contribution in [0.15, 0.2) is 48.7 Å². The molecule has 0 saturated carbocycles. The highest BCUT2D eigenvalue weighted by Crippen LogP contribution is 2.26. The Bertz CT molecular complexity index is 1360. The van der Waals surface area contributed by atoms with Crippen molar-refractivity contribution in [1.29, 1.82) is 0 Å². The maximum atomic E-state index is 12.8. The average molecular weight is 457 g/mol. The summed E-state index contributed by atoms with van der Waals surface area (Å²) >= 11 is 0. The highest BCUT2D eigenvalue weighted by molar-refractivity contribution is 6.03. The van der Waals surface area contributed by atoms with E-state index in [1.165, 1.54) is 0 Å². The molecule has 2 N–H and O–H groups in total. The second kappa shape index (κ2) is 7.98. The largest absolute Gasteiger partial charge is 0.353 e. The Labute approximate surface area is 195 Å². The van der Waals surface area contributed by atoms with E-state index in [9.17, 15) is 9.59 Å².